The Labute approximate surface area is 125 Å². The van der Waals surface area contributed by atoms with Crippen LogP contribution in [0.5, 0.6) is 11.5 Å². The van der Waals surface area contributed by atoms with Crippen molar-refractivity contribution >= 4 is 15.9 Å². The first-order valence-electron chi connectivity index (χ1n) is 6.86. The van der Waals surface area contributed by atoms with Gasteiger partial charge >= 0.3 is 10.2 Å². The van der Waals surface area contributed by atoms with Crippen molar-refractivity contribution in [3.05, 3.63) is 18.2 Å². The van der Waals surface area contributed by atoms with Crippen LogP contribution in [0.3, 0.4) is 0 Å². The van der Waals surface area contributed by atoms with Crippen LogP contribution in [0.15, 0.2) is 18.2 Å². The van der Waals surface area contributed by atoms with E-state index in [0.29, 0.717) is 50.0 Å². The molecular weight excluding hydrogens is 294 g/mol. The van der Waals surface area contributed by atoms with Gasteiger partial charge in [-0.15, -0.1) is 0 Å². The van der Waals surface area contributed by atoms with Crippen LogP contribution in [0.2, 0.25) is 0 Å². The Morgan fingerprint density at radius 2 is 2.00 bits per heavy atom. The lowest BCUT2D eigenvalue weighted by molar-refractivity contribution is 0.311. The summed E-state index contributed by atoms with van der Waals surface area (Å²) in [5.74, 6) is 1.09. The second-order valence-electron chi connectivity index (χ2n) is 4.55. The molecule has 0 spiro atoms. The van der Waals surface area contributed by atoms with E-state index in [1.807, 2.05) is 6.92 Å². The van der Waals surface area contributed by atoms with Crippen LogP contribution >= 0.6 is 0 Å². The zero-order valence-electron chi connectivity index (χ0n) is 12.3. The molecule has 21 heavy (non-hydrogen) atoms. The number of piperazine rings is 1. The molecule has 1 aromatic rings. The molecule has 0 aromatic heterocycles. The first kappa shape index (κ1) is 15.9. The highest BCUT2D eigenvalue weighted by atomic mass is 32.2. The quantitative estimate of drug-likeness (QED) is 0.806. The van der Waals surface area contributed by atoms with Gasteiger partial charge in [-0.05, 0) is 19.1 Å². The molecule has 0 saturated carbocycles. The Bertz CT molecular complexity index is 571. The predicted octanol–water partition coefficient (Wildman–Crippen LogP) is 0.656. The third-order valence-corrected chi connectivity index (χ3v) is 4.66. The smallest absolute Gasteiger partial charge is 0.301 e. The van der Waals surface area contributed by atoms with Crippen molar-refractivity contribution in [2.45, 2.75) is 6.92 Å². The zero-order valence-corrected chi connectivity index (χ0v) is 13.1. The summed E-state index contributed by atoms with van der Waals surface area (Å²) in [6.07, 6.45) is 0. The van der Waals surface area contributed by atoms with E-state index in [9.17, 15) is 8.42 Å². The molecule has 0 amide bonds. The highest BCUT2D eigenvalue weighted by molar-refractivity contribution is 7.90. The lowest BCUT2D eigenvalue weighted by atomic mass is 10.3. The topological polar surface area (TPSA) is 79.9 Å². The summed E-state index contributed by atoms with van der Waals surface area (Å²) in [6.45, 7) is 4.64. The molecule has 0 aliphatic carbocycles. The molecule has 0 bridgehead atoms. The van der Waals surface area contributed by atoms with Crippen molar-refractivity contribution in [2.24, 2.45) is 0 Å². The monoisotopic (exact) mass is 315 g/mol. The minimum Gasteiger partial charge on any atom is -0.493 e. The number of nitrogens with zero attached hydrogens (tertiary/aromatic N) is 1. The van der Waals surface area contributed by atoms with E-state index < -0.39 is 10.2 Å². The fourth-order valence-corrected chi connectivity index (χ4v) is 3.32. The Morgan fingerprint density at radius 1 is 1.29 bits per heavy atom. The fraction of sp³-hybridized carbons (Fsp3) is 0.538. The number of rotatable bonds is 6. The van der Waals surface area contributed by atoms with E-state index in [4.69, 9.17) is 9.47 Å². The van der Waals surface area contributed by atoms with Gasteiger partial charge in [-0.25, -0.2) is 0 Å². The third kappa shape index (κ3) is 3.99. The lowest BCUT2D eigenvalue weighted by Gasteiger charge is -2.27. The summed E-state index contributed by atoms with van der Waals surface area (Å²) in [4.78, 5) is 0. The Morgan fingerprint density at radius 3 is 2.62 bits per heavy atom. The van der Waals surface area contributed by atoms with E-state index >= 15 is 0 Å². The van der Waals surface area contributed by atoms with E-state index in [0.717, 1.165) is 0 Å². The van der Waals surface area contributed by atoms with Gasteiger partial charge in [-0.2, -0.15) is 12.7 Å². The van der Waals surface area contributed by atoms with Crippen LogP contribution in [-0.4, -0.2) is 52.6 Å². The number of anilines is 1. The average molecular weight is 315 g/mol. The molecule has 0 radical (unpaired) electrons. The van der Waals surface area contributed by atoms with Gasteiger partial charge in [-0.3, -0.25) is 4.72 Å². The van der Waals surface area contributed by atoms with Gasteiger partial charge in [0.25, 0.3) is 0 Å². The highest BCUT2D eigenvalue weighted by Gasteiger charge is 2.23. The molecular formula is C13H21N3O4S. The predicted molar refractivity (Wildman–Crippen MR) is 81.1 cm³/mol. The Balaban J connectivity index is 2.14. The SMILES string of the molecule is CCOc1ccc(NS(=O)(=O)N2CCNCC2)cc1OC. The van der Waals surface area contributed by atoms with Crippen LogP contribution < -0.4 is 19.5 Å². The number of hydrogen-bond acceptors (Lipinski definition) is 5. The second-order valence-corrected chi connectivity index (χ2v) is 6.23. The molecule has 2 N–H and O–H groups in total. The minimum absolute atomic E-state index is 0.453. The van der Waals surface area contributed by atoms with Gasteiger partial charge in [0.05, 0.1) is 19.4 Å². The second kappa shape index (κ2) is 6.97. The number of hydrogen-bond donors (Lipinski definition) is 2. The van der Waals surface area contributed by atoms with Crippen molar-refractivity contribution in [3.63, 3.8) is 0 Å². The molecule has 1 aromatic carbocycles. The number of benzene rings is 1. The lowest BCUT2D eigenvalue weighted by Crippen LogP contribution is -2.48. The van der Waals surface area contributed by atoms with Crippen LogP contribution in [0, 0.1) is 0 Å². The Hall–Kier alpha value is -1.51. The molecule has 0 unspecified atom stereocenters. The van der Waals surface area contributed by atoms with Gasteiger partial charge in [-0.1, -0.05) is 0 Å². The maximum Gasteiger partial charge on any atom is 0.301 e. The molecule has 1 aliphatic rings. The molecule has 2 rings (SSSR count). The van der Waals surface area contributed by atoms with Gasteiger partial charge in [0, 0.05) is 32.2 Å². The molecule has 118 valence electrons. The zero-order chi connectivity index (χ0) is 15.3. The van der Waals surface area contributed by atoms with Crippen molar-refractivity contribution < 1.29 is 17.9 Å². The van der Waals surface area contributed by atoms with E-state index in [-0.39, 0.29) is 0 Å². The molecule has 1 saturated heterocycles. The summed E-state index contributed by atoms with van der Waals surface area (Å²) in [6, 6.07) is 4.97. The minimum atomic E-state index is -3.54. The van der Waals surface area contributed by atoms with Crippen LogP contribution in [-0.2, 0) is 10.2 Å². The summed E-state index contributed by atoms with van der Waals surface area (Å²) < 4.78 is 39.2. The van der Waals surface area contributed by atoms with E-state index in [1.165, 1.54) is 11.4 Å². The maximum absolute atomic E-state index is 12.3. The number of methoxy groups -OCH3 is 1. The van der Waals surface area contributed by atoms with Crippen molar-refractivity contribution in [2.75, 3.05) is 44.6 Å². The normalized spacial score (nSPS) is 16.5. The first-order chi connectivity index (χ1) is 10.1. The molecule has 1 fully saturated rings. The average Bonchev–Trinajstić information content (AvgIpc) is 2.49. The largest absolute Gasteiger partial charge is 0.493 e. The highest BCUT2D eigenvalue weighted by Crippen LogP contribution is 2.30. The maximum atomic E-state index is 12.3. The first-order valence-corrected chi connectivity index (χ1v) is 8.30. The molecule has 7 nitrogen and oxygen atoms in total. The number of nitrogens with one attached hydrogen (secondary N) is 2. The van der Waals surface area contributed by atoms with Crippen molar-refractivity contribution in [3.8, 4) is 11.5 Å². The molecule has 0 atom stereocenters. The van der Waals surface area contributed by atoms with Crippen LogP contribution in [0.4, 0.5) is 5.69 Å². The third-order valence-electron chi connectivity index (χ3n) is 3.13. The standard InChI is InChI=1S/C13H21N3O4S/c1-3-20-12-5-4-11(10-13(12)19-2)15-21(17,18)16-8-6-14-7-9-16/h4-5,10,14-15H,3,6-9H2,1-2H3. The Kier molecular flexibility index (Phi) is 5.27. The molecule has 1 heterocycles. The van der Waals surface area contributed by atoms with Crippen LogP contribution in [0.25, 0.3) is 0 Å². The van der Waals surface area contributed by atoms with E-state index in [2.05, 4.69) is 10.0 Å². The van der Waals surface area contributed by atoms with Gasteiger partial charge in [0.1, 0.15) is 0 Å². The van der Waals surface area contributed by atoms with Crippen molar-refractivity contribution in [1.82, 2.24) is 9.62 Å². The fourth-order valence-electron chi connectivity index (χ4n) is 2.10. The summed E-state index contributed by atoms with van der Waals surface area (Å²) >= 11 is 0. The van der Waals surface area contributed by atoms with Crippen molar-refractivity contribution in [1.29, 1.82) is 0 Å². The summed E-state index contributed by atoms with van der Waals surface area (Å²) in [7, 11) is -2.02. The summed E-state index contributed by atoms with van der Waals surface area (Å²) in [5, 5.41) is 3.12. The number of ether oxygens (including phenoxy) is 2. The van der Waals surface area contributed by atoms with Gasteiger partial charge in [0.2, 0.25) is 0 Å². The van der Waals surface area contributed by atoms with E-state index in [1.54, 1.807) is 18.2 Å². The van der Waals surface area contributed by atoms with Gasteiger partial charge in [0.15, 0.2) is 11.5 Å². The summed E-state index contributed by atoms with van der Waals surface area (Å²) in [5.41, 5.74) is 0.453. The van der Waals surface area contributed by atoms with Crippen LogP contribution in [0.1, 0.15) is 6.92 Å². The molecule has 1 aliphatic heterocycles. The van der Waals surface area contributed by atoms with Gasteiger partial charge < -0.3 is 14.8 Å². The molecule has 8 heteroatoms.